The highest BCUT2D eigenvalue weighted by Gasteiger charge is 2.33. The Morgan fingerprint density at radius 1 is 1.47 bits per heavy atom. The zero-order chi connectivity index (χ0) is 13.2. The van der Waals surface area contributed by atoms with Crippen LogP contribution < -0.4 is 5.32 Å². The average Bonchev–Trinajstić information content (AvgIpc) is 2.58. The molecule has 1 amide bonds. The van der Waals surface area contributed by atoms with Crippen molar-refractivity contribution in [2.45, 2.75) is 33.7 Å². The predicted octanol–water partition coefficient (Wildman–Crippen LogP) is 0.947. The van der Waals surface area contributed by atoms with Crippen LogP contribution in [-0.2, 0) is 4.79 Å². The Kier molecular flexibility index (Phi) is 3.55. The molecule has 1 atom stereocenters. The van der Waals surface area contributed by atoms with Gasteiger partial charge in [-0.1, -0.05) is 20.8 Å². The smallest absolute Gasteiger partial charge is 0.326 e. The number of nitrogens with one attached hydrogen (secondary N) is 2. The van der Waals surface area contributed by atoms with Crippen molar-refractivity contribution in [3.05, 3.63) is 17.5 Å². The number of nitrogens with zero attached hydrogens (tertiary/aromatic N) is 1. The SMILES string of the molecule is Cc1[nH]ncc1C(=O)N[C@H](C(=O)O)C(C)(C)C. The Bertz CT molecular complexity index is 431. The molecule has 1 rings (SSSR count). The van der Waals surface area contributed by atoms with E-state index in [1.165, 1.54) is 6.20 Å². The van der Waals surface area contributed by atoms with E-state index in [1.54, 1.807) is 27.7 Å². The van der Waals surface area contributed by atoms with Gasteiger partial charge in [-0.05, 0) is 12.3 Å². The highest BCUT2D eigenvalue weighted by molar-refractivity contribution is 5.97. The first-order valence-corrected chi connectivity index (χ1v) is 5.27. The summed E-state index contributed by atoms with van der Waals surface area (Å²) in [7, 11) is 0. The second-order valence-electron chi connectivity index (χ2n) is 5.02. The van der Waals surface area contributed by atoms with Crippen molar-refractivity contribution in [1.29, 1.82) is 0 Å². The van der Waals surface area contributed by atoms with E-state index in [-0.39, 0.29) is 0 Å². The summed E-state index contributed by atoms with van der Waals surface area (Å²) in [6, 6.07) is -0.940. The second-order valence-corrected chi connectivity index (χ2v) is 5.02. The van der Waals surface area contributed by atoms with E-state index in [9.17, 15) is 9.59 Å². The van der Waals surface area contributed by atoms with Gasteiger partial charge in [0.25, 0.3) is 5.91 Å². The van der Waals surface area contributed by atoms with Gasteiger partial charge in [0.15, 0.2) is 0 Å². The number of aryl methyl sites for hydroxylation is 1. The minimum atomic E-state index is -1.05. The zero-order valence-electron chi connectivity index (χ0n) is 10.4. The quantitative estimate of drug-likeness (QED) is 0.731. The average molecular weight is 239 g/mol. The molecule has 6 nitrogen and oxygen atoms in total. The first kappa shape index (κ1) is 13.2. The Balaban J connectivity index is 2.86. The third-order valence-corrected chi connectivity index (χ3v) is 2.46. The van der Waals surface area contributed by atoms with Gasteiger partial charge >= 0.3 is 5.97 Å². The molecule has 0 aliphatic rings. The summed E-state index contributed by atoms with van der Waals surface area (Å²) in [5, 5.41) is 17.9. The van der Waals surface area contributed by atoms with Crippen molar-refractivity contribution in [3.63, 3.8) is 0 Å². The maximum absolute atomic E-state index is 11.9. The third kappa shape index (κ3) is 3.05. The molecule has 17 heavy (non-hydrogen) atoms. The number of carboxylic acid groups (broad SMARTS) is 1. The number of hydrogen-bond acceptors (Lipinski definition) is 3. The summed E-state index contributed by atoms with van der Waals surface area (Å²) >= 11 is 0. The molecule has 0 saturated heterocycles. The van der Waals surface area contributed by atoms with Crippen LogP contribution in [0.4, 0.5) is 0 Å². The fraction of sp³-hybridized carbons (Fsp3) is 0.545. The number of carboxylic acids is 1. The number of aromatic amines is 1. The number of aromatic nitrogens is 2. The number of rotatable bonds is 3. The lowest BCUT2D eigenvalue weighted by atomic mass is 9.86. The van der Waals surface area contributed by atoms with E-state index >= 15 is 0 Å². The summed E-state index contributed by atoms with van der Waals surface area (Å²) in [4.78, 5) is 23.0. The van der Waals surface area contributed by atoms with Gasteiger partial charge in [0, 0.05) is 5.69 Å². The molecule has 0 aromatic carbocycles. The van der Waals surface area contributed by atoms with Crippen LogP contribution in [0.3, 0.4) is 0 Å². The molecule has 3 N–H and O–H groups in total. The van der Waals surface area contributed by atoms with Crippen LogP contribution in [0.1, 0.15) is 36.8 Å². The van der Waals surface area contributed by atoms with E-state index in [4.69, 9.17) is 5.11 Å². The van der Waals surface area contributed by atoms with Crippen LogP contribution in [0.15, 0.2) is 6.20 Å². The van der Waals surface area contributed by atoms with E-state index in [1.807, 2.05) is 0 Å². The minimum absolute atomic E-state index is 0.362. The number of carbonyl (C=O) groups is 2. The molecular formula is C11H17N3O3. The van der Waals surface area contributed by atoms with E-state index in [0.717, 1.165) is 0 Å². The fourth-order valence-corrected chi connectivity index (χ4v) is 1.44. The highest BCUT2D eigenvalue weighted by atomic mass is 16.4. The molecule has 1 heterocycles. The molecule has 0 bridgehead atoms. The summed E-state index contributed by atoms with van der Waals surface area (Å²) in [6.07, 6.45) is 1.38. The van der Waals surface area contributed by atoms with Crippen molar-refractivity contribution >= 4 is 11.9 Å². The van der Waals surface area contributed by atoms with Gasteiger partial charge in [-0.2, -0.15) is 5.10 Å². The van der Waals surface area contributed by atoms with Crippen molar-refractivity contribution in [2.24, 2.45) is 5.41 Å². The number of H-pyrrole nitrogens is 1. The highest BCUT2D eigenvalue weighted by Crippen LogP contribution is 2.20. The Morgan fingerprint density at radius 3 is 2.41 bits per heavy atom. The molecule has 0 radical (unpaired) electrons. The predicted molar refractivity (Wildman–Crippen MR) is 61.7 cm³/mol. The maximum atomic E-state index is 11.9. The summed E-state index contributed by atoms with van der Waals surface area (Å²) in [5.41, 5.74) is 0.417. The lowest BCUT2D eigenvalue weighted by Gasteiger charge is -2.27. The lowest BCUT2D eigenvalue weighted by molar-refractivity contribution is -0.142. The van der Waals surface area contributed by atoms with Crippen molar-refractivity contribution in [3.8, 4) is 0 Å². The molecule has 94 valence electrons. The molecule has 0 saturated carbocycles. The molecule has 0 aliphatic heterocycles. The Morgan fingerprint density at radius 2 is 2.06 bits per heavy atom. The summed E-state index contributed by atoms with van der Waals surface area (Å²) in [6.45, 7) is 6.98. The van der Waals surface area contributed by atoms with Gasteiger partial charge in [-0.15, -0.1) is 0 Å². The number of amides is 1. The molecule has 0 fully saturated rings. The molecule has 0 unspecified atom stereocenters. The van der Waals surface area contributed by atoms with Gasteiger partial charge < -0.3 is 10.4 Å². The van der Waals surface area contributed by atoms with Gasteiger partial charge in [0.05, 0.1) is 11.8 Å². The van der Waals surface area contributed by atoms with E-state index < -0.39 is 23.3 Å². The van der Waals surface area contributed by atoms with Crippen molar-refractivity contribution in [1.82, 2.24) is 15.5 Å². The van der Waals surface area contributed by atoms with Crippen molar-refractivity contribution in [2.75, 3.05) is 0 Å². The number of hydrogen-bond donors (Lipinski definition) is 3. The first-order chi connectivity index (χ1) is 7.73. The minimum Gasteiger partial charge on any atom is -0.480 e. The third-order valence-electron chi connectivity index (χ3n) is 2.46. The molecule has 1 aromatic rings. The number of aliphatic carboxylic acids is 1. The van der Waals surface area contributed by atoms with Gasteiger partial charge in [0.1, 0.15) is 6.04 Å². The number of carbonyl (C=O) groups excluding carboxylic acids is 1. The van der Waals surface area contributed by atoms with Crippen molar-refractivity contribution < 1.29 is 14.7 Å². The first-order valence-electron chi connectivity index (χ1n) is 5.27. The molecule has 0 aliphatic carbocycles. The topological polar surface area (TPSA) is 95.1 Å². The Labute approximate surface area is 99.4 Å². The maximum Gasteiger partial charge on any atom is 0.326 e. The van der Waals surface area contributed by atoms with Gasteiger partial charge in [-0.25, -0.2) is 4.79 Å². The van der Waals surface area contributed by atoms with Crippen LogP contribution in [0.25, 0.3) is 0 Å². The normalized spacial score (nSPS) is 13.2. The molecule has 0 spiro atoms. The summed E-state index contributed by atoms with van der Waals surface area (Å²) < 4.78 is 0. The van der Waals surface area contributed by atoms with E-state index in [0.29, 0.717) is 11.3 Å². The van der Waals surface area contributed by atoms with Crippen LogP contribution in [0, 0.1) is 12.3 Å². The van der Waals surface area contributed by atoms with E-state index in [2.05, 4.69) is 15.5 Å². The van der Waals surface area contributed by atoms with Crippen LogP contribution in [0.2, 0.25) is 0 Å². The van der Waals surface area contributed by atoms with Crippen LogP contribution in [0.5, 0.6) is 0 Å². The zero-order valence-corrected chi connectivity index (χ0v) is 10.4. The molecule has 6 heteroatoms. The molecular weight excluding hydrogens is 222 g/mol. The van der Waals surface area contributed by atoms with Gasteiger partial charge in [-0.3, -0.25) is 9.89 Å². The molecule has 1 aromatic heterocycles. The standard InChI is InChI=1S/C11H17N3O3/c1-6-7(5-12-14-6)9(15)13-8(10(16)17)11(2,3)4/h5,8H,1-4H3,(H,12,14)(H,13,15)(H,16,17)/t8-/m1/s1. The largest absolute Gasteiger partial charge is 0.480 e. The summed E-state index contributed by atoms with van der Waals surface area (Å²) in [5.74, 6) is -1.48. The lowest BCUT2D eigenvalue weighted by Crippen LogP contribution is -2.49. The monoisotopic (exact) mass is 239 g/mol. The fourth-order valence-electron chi connectivity index (χ4n) is 1.44. The Hall–Kier alpha value is -1.85. The van der Waals surface area contributed by atoms with Crippen LogP contribution >= 0.6 is 0 Å². The second kappa shape index (κ2) is 4.57. The van der Waals surface area contributed by atoms with Gasteiger partial charge in [0.2, 0.25) is 0 Å². The van der Waals surface area contributed by atoms with Crippen LogP contribution in [-0.4, -0.2) is 33.2 Å².